The third-order valence-corrected chi connectivity index (χ3v) is 1.19. The Kier molecular flexibility index (Phi) is 2.55. The number of hydrogen-bond acceptors (Lipinski definition) is 2. The van der Waals surface area contributed by atoms with Crippen LogP contribution in [0.1, 0.15) is 5.56 Å². The van der Waals surface area contributed by atoms with Gasteiger partial charge in [-0.25, -0.2) is 0 Å². The molecule has 0 fully saturated rings. The van der Waals surface area contributed by atoms with Crippen molar-refractivity contribution in [2.24, 2.45) is 0 Å². The fourth-order valence-corrected chi connectivity index (χ4v) is 0.757. The molecule has 0 bridgehead atoms. The molecule has 1 aromatic rings. The van der Waals surface area contributed by atoms with Crippen LogP contribution in [-0.4, -0.2) is 12.6 Å². The third kappa shape index (κ3) is 3.14. The highest BCUT2D eigenvalue weighted by Crippen LogP contribution is 2.22. The Morgan fingerprint density at radius 1 is 1.31 bits per heavy atom. The second-order valence-corrected chi connectivity index (χ2v) is 2.18. The molecule has 0 saturated carbocycles. The Morgan fingerprint density at radius 3 is 2.54 bits per heavy atom. The van der Waals surface area contributed by atoms with Crippen molar-refractivity contribution in [2.45, 2.75) is 6.36 Å². The number of ether oxygens (including phenoxy) is 1. The first kappa shape index (κ1) is 9.57. The van der Waals surface area contributed by atoms with E-state index in [0.717, 1.165) is 12.1 Å². The molecule has 2 nitrogen and oxygen atoms in total. The fourth-order valence-electron chi connectivity index (χ4n) is 0.757. The zero-order valence-electron chi connectivity index (χ0n) is 6.26. The summed E-state index contributed by atoms with van der Waals surface area (Å²) < 4.78 is 38.5. The molecule has 69 valence electrons. The van der Waals surface area contributed by atoms with Gasteiger partial charge in [-0.3, -0.25) is 4.79 Å². The standard InChI is InChI=1S/C8H4F3O2/c9-8(10,11)13-7-3-1-2-6(4-7)5-12/h1-4H. The van der Waals surface area contributed by atoms with Crippen molar-refractivity contribution in [1.29, 1.82) is 0 Å². The quantitative estimate of drug-likeness (QED) is 0.711. The number of halogens is 3. The van der Waals surface area contributed by atoms with E-state index >= 15 is 0 Å². The molecule has 0 saturated heterocycles. The number of benzene rings is 1. The lowest BCUT2D eigenvalue weighted by molar-refractivity contribution is -0.274. The first-order valence-electron chi connectivity index (χ1n) is 3.25. The number of hydrogen-bond donors (Lipinski definition) is 0. The van der Waals surface area contributed by atoms with Crippen LogP contribution in [0.25, 0.3) is 0 Å². The summed E-state index contributed by atoms with van der Waals surface area (Å²) >= 11 is 0. The van der Waals surface area contributed by atoms with E-state index in [1.165, 1.54) is 18.4 Å². The van der Waals surface area contributed by atoms with Gasteiger partial charge >= 0.3 is 6.36 Å². The van der Waals surface area contributed by atoms with Crippen LogP contribution in [-0.2, 0) is 4.79 Å². The lowest BCUT2D eigenvalue weighted by Crippen LogP contribution is -2.17. The normalized spacial score (nSPS) is 11.0. The molecule has 0 aromatic heterocycles. The second-order valence-electron chi connectivity index (χ2n) is 2.18. The third-order valence-electron chi connectivity index (χ3n) is 1.19. The molecule has 13 heavy (non-hydrogen) atoms. The average Bonchev–Trinajstić information content (AvgIpc) is 2.01. The molecule has 5 heteroatoms. The number of carbonyl (C=O) groups excluding carboxylic acids is 1. The van der Waals surface area contributed by atoms with Crippen molar-refractivity contribution in [2.75, 3.05) is 0 Å². The molecule has 1 radical (unpaired) electrons. The van der Waals surface area contributed by atoms with Gasteiger partial charge in [0, 0.05) is 5.56 Å². The van der Waals surface area contributed by atoms with Gasteiger partial charge in [-0.15, -0.1) is 13.2 Å². The maximum Gasteiger partial charge on any atom is 0.573 e. The van der Waals surface area contributed by atoms with Gasteiger partial charge < -0.3 is 4.74 Å². The van der Waals surface area contributed by atoms with Gasteiger partial charge in [-0.05, 0) is 12.1 Å². The minimum absolute atomic E-state index is 0.0155. The van der Waals surface area contributed by atoms with Crippen molar-refractivity contribution in [3.63, 3.8) is 0 Å². The summed E-state index contributed by atoms with van der Waals surface area (Å²) in [6.45, 7) is 0. The Morgan fingerprint density at radius 2 is 2.00 bits per heavy atom. The van der Waals surface area contributed by atoms with Crippen molar-refractivity contribution < 1.29 is 22.7 Å². The van der Waals surface area contributed by atoms with E-state index in [2.05, 4.69) is 4.74 Å². The molecule has 0 aliphatic heterocycles. The smallest absolute Gasteiger partial charge is 0.406 e. The summed E-state index contributed by atoms with van der Waals surface area (Å²) in [6, 6.07) is 4.67. The van der Waals surface area contributed by atoms with E-state index in [0.29, 0.717) is 0 Å². The topological polar surface area (TPSA) is 26.3 Å². The molecule has 0 amide bonds. The van der Waals surface area contributed by atoms with Gasteiger partial charge in [-0.1, -0.05) is 12.1 Å². The summed E-state index contributed by atoms with van der Waals surface area (Å²) in [6.07, 6.45) is -3.28. The molecule has 1 aromatic carbocycles. The summed E-state index contributed by atoms with van der Waals surface area (Å²) in [5, 5.41) is 0. The van der Waals surface area contributed by atoms with Crippen molar-refractivity contribution >= 4 is 6.29 Å². The summed E-state index contributed by atoms with van der Waals surface area (Å²) in [5.41, 5.74) is 0.0155. The summed E-state index contributed by atoms with van der Waals surface area (Å²) in [4.78, 5) is 10.1. The minimum atomic E-state index is -4.73. The van der Waals surface area contributed by atoms with Crippen LogP contribution in [0.15, 0.2) is 24.3 Å². The van der Waals surface area contributed by atoms with Gasteiger partial charge in [0.2, 0.25) is 6.29 Å². The zero-order valence-corrected chi connectivity index (χ0v) is 6.26. The molecule has 1 rings (SSSR count). The number of alkyl halides is 3. The highest BCUT2D eigenvalue weighted by atomic mass is 19.4. The lowest BCUT2D eigenvalue weighted by atomic mass is 10.2. The highest BCUT2D eigenvalue weighted by Gasteiger charge is 2.31. The van der Waals surface area contributed by atoms with E-state index in [1.807, 2.05) is 0 Å². The molecule has 0 N–H and O–H groups in total. The van der Waals surface area contributed by atoms with E-state index in [-0.39, 0.29) is 5.56 Å². The Bertz CT molecular complexity index is 307. The van der Waals surface area contributed by atoms with Crippen molar-refractivity contribution in [1.82, 2.24) is 0 Å². The lowest BCUT2D eigenvalue weighted by Gasteiger charge is -2.08. The van der Waals surface area contributed by atoms with Gasteiger partial charge in [-0.2, -0.15) is 0 Å². The van der Waals surface area contributed by atoms with Crippen LogP contribution in [0, 0.1) is 0 Å². The Labute approximate surface area is 71.9 Å². The maximum absolute atomic E-state index is 11.7. The van der Waals surface area contributed by atoms with Crippen LogP contribution >= 0.6 is 0 Å². The monoisotopic (exact) mass is 189 g/mol. The second kappa shape index (κ2) is 3.47. The molecule has 0 aliphatic rings. The molecular weight excluding hydrogens is 185 g/mol. The highest BCUT2D eigenvalue weighted by molar-refractivity contribution is 5.75. The van der Waals surface area contributed by atoms with E-state index < -0.39 is 12.1 Å². The average molecular weight is 189 g/mol. The zero-order chi connectivity index (χ0) is 9.90. The van der Waals surface area contributed by atoms with Crippen LogP contribution in [0.3, 0.4) is 0 Å². The van der Waals surface area contributed by atoms with Crippen LogP contribution in [0.5, 0.6) is 5.75 Å². The first-order chi connectivity index (χ1) is 6.01. The van der Waals surface area contributed by atoms with E-state index in [1.54, 1.807) is 0 Å². The Balaban J connectivity index is 2.84. The first-order valence-corrected chi connectivity index (χ1v) is 3.25. The molecule has 0 spiro atoms. The predicted octanol–water partition coefficient (Wildman–Crippen LogP) is 2.04. The molecule has 0 atom stereocenters. The van der Waals surface area contributed by atoms with Crippen LogP contribution < -0.4 is 4.74 Å². The SMILES string of the molecule is O=[C]c1cccc(OC(F)(F)F)c1. The van der Waals surface area contributed by atoms with E-state index in [9.17, 15) is 18.0 Å². The predicted molar refractivity (Wildman–Crippen MR) is 37.9 cm³/mol. The van der Waals surface area contributed by atoms with Gasteiger partial charge in [0.1, 0.15) is 5.75 Å². The maximum atomic E-state index is 11.7. The Hall–Kier alpha value is -1.52. The van der Waals surface area contributed by atoms with Crippen molar-refractivity contribution in [3.05, 3.63) is 29.8 Å². The fraction of sp³-hybridized carbons (Fsp3) is 0.125. The minimum Gasteiger partial charge on any atom is -0.406 e. The molecule has 0 unspecified atom stereocenters. The van der Waals surface area contributed by atoms with Crippen molar-refractivity contribution in [3.8, 4) is 5.75 Å². The summed E-state index contributed by atoms with van der Waals surface area (Å²) in [5.74, 6) is -0.423. The van der Waals surface area contributed by atoms with Crippen LogP contribution in [0.2, 0.25) is 0 Å². The van der Waals surface area contributed by atoms with Crippen LogP contribution in [0.4, 0.5) is 13.2 Å². The molecular formula is C8H4F3O2. The number of rotatable bonds is 2. The van der Waals surface area contributed by atoms with Gasteiger partial charge in [0.15, 0.2) is 0 Å². The summed E-state index contributed by atoms with van der Waals surface area (Å²) in [7, 11) is 0. The van der Waals surface area contributed by atoms with Gasteiger partial charge in [0.25, 0.3) is 0 Å². The molecule has 0 heterocycles. The van der Waals surface area contributed by atoms with E-state index in [4.69, 9.17) is 0 Å². The largest absolute Gasteiger partial charge is 0.573 e. The van der Waals surface area contributed by atoms with Gasteiger partial charge in [0.05, 0.1) is 0 Å². The molecule has 0 aliphatic carbocycles.